The van der Waals surface area contributed by atoms with E-state index in [2.05, 4.69) is 52.6 Å². The van der Waals surface area contributed by atoms with Gasteiger partial charge in [-0.1, -0.05) is 60.7 Å². The third-order valence-corrected chi connectivity index (χ3v) is 5.62. The van der Waals surface area contributed by atoms with Crippen molar-refractivity contribution in [1.29, 1.82) is 0 Å². The molecule has 10 heteroatoms. The van der Waals surface area contributed by atoms with Crippen LogP contribution in [0.1, 0.15) is 80.4 Å². The van der Waals surface area contributed by atoms with E-state index in [1.54, 1.807) is 14.2 Å². The van der Waals surface area contributed by atoms with Gasteiger partial charge in [0.15, 0.2) is 0 Å². The SMILES string of the molecule is CC(C)(C)N=C=NC(C)(C)c1ccccc1.COCCOC(=O)NC(C)(C)C.COCCOC(=O)NC(C)(C)c1ccccc1. The zero-order chi connectivity index (χ0) is 34.6. The van der Waals surface area contributed by atoms with Gasteiger partial charge in [-0.2, -0.15) is 0 Å². The number of carbonyl (C=O) groups is 2. The first-order valence-electron chi connectivity index (χ1n) is 15.0. The van der Waals surface area contributed by atoms with Crippen LogP contribution in [-0.2, 0) is 30.0 Å². The van der Waals surface area contributed by atoms with E-state index in [0.717, 1.165) is 5.56 Å². The fourth-order valence-corrected chi connectivity index (χ4v) is 3.21. The van der Waals surface area contributed by atoms with Gasteiger partial charge in [-0.25, -0.2) is 19.6 Å². The molecule has 0 heterocycles. The molecule has 10 nitrogen and oxygen atoms in total. The van der Waals surface area contributed by atoms with Gasteiger partial charge < -0.3 is 29.6 Å². The van der Waals surface area contributed by atoms with Gasteiger partial charge in [0, 0.05) is 19.8 Å². The molecule has 0 fully saturated rings. The maximum Gasteiger partial charge on any atom is 0.407 e. The van der Waals surface area contributed by atoms with Crippen LogP contribution in [0.3, 0.4) is 0 Å². The number of carbonyl (C=O) groups excluding carboxylic acids is 2. The second-order valence-corrected chi connectivity index (χ2v) is 13.2. The van der Waals surface area contributed by atoms with Gasteiger partial charge in [0.05, 0.1) is 35.8 Å². The van der Waals surface area contributed by atoms with Crippen molar-refractivity contribution in [2.24, 2.45) is 9.98 Å². The lowest BCUT2D eigenvalue weighted by atomic mass is 9.95. The van der Waals surface area contributed by atoms with Crippen LogP contribution in [-0.4, -0.2) is 69.9 Å². The number of alkyl carbamates (subject to hydrolysis) is 2. The maximum absolute atomic E-state index is 11.5. The summed E-state index contributed by atoms with van der Waals surface area (Å²) < 4.78 is 19.3. The summed E-state index contributed by atoms with van der Waals surface area (Å²) in [7, 11) is 3.13. The summed E-state index contributed by atoms with van der Waals surface area (Å²) in [5, 5.41) is 5.48. The number of benzene rings is 2. The average Bonchev–Trinajstić information content (AvgIpc) is 2.93. The van der Waals surface area contributed by atoms with Crippen molar-refractivity contribution >= 4 is 18.2 Å². The highest BCUT2D eigenvalue weighted by Gasteiger charge is 2.23. The second-order valence-electron chi connectivity index (χ2n) is 13.2. The molecule has 2 N–H and O–H groups in total. The lowest BCUT2D eigenvalue weighted by molar-refractivity contribution is 0.0929. The Bertz CT molecular complexity index is 1160. The molecular weight excluding hydrogens is 572 g/mol. The smallest absolute Gasteiger partial charge is 0.407 e. The van der Waals surface area contributed by atoms with Crippen LogP contribution in [0.4, 0.5) is 9.59 Å². The minimum absolute atomic E-state index is 0.115. The largest absolute Gasteiger partial charge is 0.447 e. The molecule has 0 atom stereocenters. The highest BCUT2D eigenvalue weighted by Crippen LogP contribution is 2.23. The van der Waals surface area contributed by atoms with Crippen molar-refractivity contribution in [1.82, 2.24) is 10.6 Å². The maximum atomic E-state index is 11.5. The van der Waals surface area contributed by atoms with Crippen molar-refractivity contribution in [2.75, 3.05) is 40.6 Å². The van der Waals surface area contributed by atoms with Crippen LogP contribution in [0.25, 0.3) is 0 Å². The molecular formula is C35H56N4O6. The molecule has 0 bridgehead atoms. The fourth-order valence-electron chi connectivity index (χ4n) is 3.21. The summed E-state index contributed by atoms with van der Waals surface area (Å²) in [6, 6.07) is 22.8. The van der Waals surface area contributed by atoms with Gasteiger partial charge in [0.1, 0.15) is 13.2 Å². The number of amides is 2. The first-order chi connectivity index (χ1) is 20.8. The Hall–Kier alpha value is -3.72. The first-order valence-corrected chi connectivity index (χ1v) is 15.0. The van der Waals surface area contributed by atoms with Crippen LogP contribution < -0.4 is 10.6 Å². The molecule has 0 saturated heterocycles. The second kappa shape index (κ2) is 20.3. The van der Waals surface area contributed by atoms with E-state index in [1.807, 2.05) is 104 Å². The average molecular weight is 629 g/mol. The summed E-state index contributed by atoms with van der Waals surface area (Å²) in [5.74, 6) is 0. The van der Waals surface area contributed by atoms with Crippen molar-refractivity contribution in [3.8, 4) is 0 Å². The standard InChI is InChI=1S/C14H20N2.C13H19NO3.C8H17NO3/c1-13(2,3)15-11-16-14(4,5)12-9-7-6-8-10-12;1-13(2,11-7-5-4-6-8-11)14-12(15)17-10-9-16-3;1-8(2,3)9-7(10)12-6-5-11-4/h6-10H,1-5H3;4-8H,9-10H2,1-3H3,(H,14,15);5-6H2,1-4H3,(H,9,10). The molecule has 0 radical (unpaired) electrons. The van der Waals surface area contributed by atoms with Gasteiger partial charge >= 0.3 is 12.2 Å². The van der Waals surface area contributed by atoms with Crippen LogP contribution >= 0.6 is 0 Å². The summed E-state index contributed by atoms with van der Waals surface area (Å²) in [4.78, 5) is 31.1. The quantitative estimate of drug-likeness (QED) is 0.210. The molecule has 2 aromatic carbocycles. The van der Waals surface area contributed by atoms with E-state index in [1.165, 1.54) is 5.56 Å². The number of hydrogen-bond donors (Lipinski definition) is 2. The van der Waals surface area contributed by atoms with Crippen LogP contribution in [0, 0.1) is 0 Å². The molecule has 2 amide bonds. The molecule has 0 spiro atoms. The predicted octanol–water partition coefficient (Wildman–Crippen LogP) is 7.35. The number of nitrogens with zero attached hydrogens (tertiary/aromatic N) is 2. The van der Waals surface area contributed by atoms with Crippen molar-refractivity contribution in [3.05, 3.63) is 71.8 Å². The molecule has 45 heavy (non-hydrogen) atoms. The number of aliphatic imine (C=N–C) groups is 2. The lowest BCUT2D eigenvalue weighted by Gasteiger charge is -2.26. The van der Waals surface area contributed by atoms with E-state index in [0.29, 0.717) is 19.8 Å². The zero-order valence-electron chi connectivity index (χ0n) is 29.4. The Morgan fingerprint density at radius 2 is 1.04 bits per heavy atom. The summed E-state index contributed by atoms with van der Waals surface area (Å²) in [6.07, 6.45) is -0.838. The zero-order valence-corrected chi connectivity index (χ0v) is 29.4. The Morgan fingerprint density at radius 3 is 1.44 bits per heavy atom. The lowest BCUT2D eigenvalue weighted by Crippen LogP contribution is -2.41. The molecule has 0 aliphatic carbocycles. The van der Waals surface area contributed by atoms with Crippen LogP contribution in [0.15, 0.2) is 70.6 Å². The van der Waals surface area contributed by atoms with E-state index >= 15 is 0 Å². The van der Waals surface area contributed by atoms with Gasteiger partial charge in [-0.15, -0.1) is 0 Å². The van der Waals surface area contributed by atoms with Crippen LogP contribution in [0.5, 0.6) is 0 Å². The summed E-state index contributed by atoms with van der Waals surface area (Å²) >= 11 is 0. The predicted molar refractivity (Wildman–Crippen MR) is 181 cm³/mol. The Kier molecular flexibility index (Phi) is 18.7. The number of rotatable bonds is 10. The molecule has 252 valence electrons. The molecule has 2 rings (SSSR count). The monoisotopic (exact) mass is 628 g/mol. The van der Waals surface area contributed by atoms with Gasteiger partial charge in [0.2, 0.25) is 0 Å². The van der Waals surface area contributed by atoms with Crippen molar-refractivity contribution in [3.63, 3.8) is 0 Å². The number of methoxy groups -OCH3 is 2. The topological polar surface area (TPSA) is 120 Å². The first kappa shape index (κ1) is 41.3. The van der Waals surface area contributed by atoms with E-state index in [-0.39, 0.29) is 23.2 Å². The number of hydrogen-bond acceptors (Lipinski definition) is 8. The molecule has 0 aliphatic rings. The fraction of sp³-hybridized carbons (Fsp3) is 0.571. The Morgan fingerprint density at radius 1 is 0.622 bits per heavy atom. The molecule has 2 aromatic rings. The Balaban J connectivity index is 0.000000657. The van der Waals surface area contributed by atoms with E-state index in [9.17, 15) is 9.59 Å². The minimum atomic E-state index is -0.453. The van der Waals surface area contributed by atoms with E-state index < -0.39 is 17.7 Å². The number of ether oxygens (including phenoxy) is 4. The summed E-state index contributed by atoms with van der Waals surface area (Å²) in [5.41, 5.74) is 1.12. The van der Waals surface area contributed by atoms with Crippen molar-refractivity contribution in [2.45, 2.75) is 91.4 Å². The van der Waals surface area contributed by atoms with E-state index in [4.69, 9.17) is 18.9 Å². The molecule has 0 saturated carbocycles. The normalized spacial score (nSPS) is 11.3. The molecule has 0 aromatic heterocycles. The minimum Gasteiger partial charge on any atom is -0.447 e. The molecule has 0 unspecified atom stereocenters. The van der Waals surface area contributed by atoms with Gasteiger partial charge in [-0.3, -0.25) is 0 Å². The van der Waals surface area contributed by atoms with Crippen LogP contribution in [0.2, 0.25) is 0 Å². The third-order valence-electron chi connectivity index (χ3n) is 5.62. The highest BCUT2D eigenvalue weighted by molar-refractivity contribution is 5.68. The number of nitrogens with one attached hydrogen (secondary N) is 2. The van der Waals surface area contributed by atoms with Gasteiger partial charge in [-0.05, 0) is 80.4 Å². The van der Waals surface area contributed by atoms with Crippen molar-refractivity contribution < 1.29 is 28.5 Å². The highest BCUT2D eigenvalue weighted by atomic mass is 16.6. The van der Waals surface area contributed by atoms with Gasteiger partial charge in [0.25, 0.3) is 0 Å². The summed E-state index contributed by atoms with van der Waals surface area (Å²) in [6.45, 7) is 21.1. The molecule has 0 aliphatic heterocycles. The third kappa shape index (κ3) is 21.6. The Labute approximate surface area is 271 Å².